The summed E-state index contributed by atoms with van der Waals surface area (Å²) in [5, 5.41) is 6.50. The smallest absolute Gasteiger partial charge is 0.229 e. The molecule has 0 atom stereocenters. The van der Waals surface area contributed by atoms with Crippen molar-refractivity contribution in [3.8, 4) is 0 Å². The van der Waals surface area contributed by atoms with Crippen molar-refractivity contribution in [2.45, 2.75) is 20.3 Å². The minimum absolute atomic E-state index is 0.599. The Morgan fingerprint density at radius 1 is 1.15 bits per heavy atom. The minimum atomic E-state index is 0.599. The molecule has 0 saturated carbocycles. The van der Waals surface area contributed by atoms with E-state index in [0.29, 0.717) is 11.9 Å². The molecule has 0 radical (unpaired) electrons. The first-order valence-electron chi connectivity index (χ1n) is 6.73. The molecule has 2 aromatic rings. The highest BCUT2D eigenvalue weighted by molar-refractivity contribution is 9.10. The zero-order valence-electron chi connectivity index (χ0n) is 11.7. The first kappa shape index (κ1) is 14.8. The average Bonchev–Trinajstić information content (AvgIpc) is 2.41. The first-order chi connectivity index (χ1) is 9.63. The van der Waals surface area contributed by atoms with Gasteiger partial charge >= 0.3 is 0 Å². The second kappa shape index (κ2) is 7.24. The Bertz CT molecular complexity index is 540. The number of aromatic nitrogens is 2. The molecule has 5 heteroatoms. The van der Waals surface area contributed by atoms with Crippen molar-refractivity contribution in [2.75, 3.05) is 17.2 Å². The molecule has 20 heavy (non-hydrogen) atoms. The van der Waals surface area contributed by atoms with Gasteiger partial charge in [0.2, 0.25) is 5.95 Å². The van der Waals surface area contributed by atoms with E-state index >= 15 is 0 Å². The summed E-state index contributed by atoms with van der Waals surface area (Å²) in [5.41, 5.74) is 0.965. The van der Waals surface area contributed by atoms with Crippen LogP contribution >= 0.6 is 15.9 Å². The molecule has 0 aliphatic carbocycles. The van der Waals surface area contributed by atoms with Crippen LogP contribution in [0.5, 0.6) is 0 Å². The number of halogens is 1. The quantitative estimate of drug-likeness (QED) is 0.819. The Hall–Kier alpha value is -1.62. The van der Waals surface area contributed by atoms with E-state index in [1.807, 2.05) is 30.3 Å². The molecule has 2 rings (SSSR count). The number of hydrogen-bond donors (Lipinski definition) is 2. The second-order valence-electron chi connectivity index (χ2n) is 5.01. The Labute approximate surface area is 128 Å². The Morgan fingerprint density at radius 2 is 1.90 bits per heavy atom. The minimum Gasteiger partial charge on any atom is -0.370 e. The number of nitrogens with zero attached hydrogens (tertiary/aromatic N) is 2. The predicted molar refractivity (Wildman–Crippen MR) is 87.4 cm³/mol. The van der Waals surface area contributed by atoms with Crippen LogP contribution in [0.25, 0.3) is 0 Å². The van der Waals surface area contributed by atoms with E-state index in [9.17, 15) is 0 Å². The molecular weight excluding hydrogens is 316 g/mol. The number of rotatable bonds is 6. The maximum atomic E-state index is 4.44. The van der Waals surface area contributed by atoms with E-state index in [-0.39, 0.29) is 0 Å². The number of hydrogen-bond acceptors (Lipinski definition) is 4. The topological polar surface area (TPSA) is 49.8 Å². The number of anilines is 3. The highest BCUT2D eigenvalue weighted by Gasteiger charge is 2.00. The normalized spacial score (nSPS) is 10.6. The lowest BCUT2D eigenvalue weighted by atomic mass is 10.1. The Kier molecular flexibility index (Phi) is 5.35. The van der Waals surface area contributed by atoms with Gasteiger partial charge in [0.1, 0.15) is 5.82 Å². The monoisotopic (exact) mass is 334 g/mol. The van der Waals surface area contributed by atoms with Crippen molar-refractivity contribution in [3.63, 3.8) is 0 Å². The van der Waals surface area contributed by atoms with Crippen LogP contribution in [0.4, 0.5) is 17.5 Å². The molecule has 1 heterocycles. The fourth-order valence-corrected chi connectivity index (χ4v) is 1.93. The van der Waals surface area contributed by atoms with Gasteiger partial charge in [-0.2, -0.15) is 4.98 Å². The molecular formula is C15H19BrN4. The van der Waals surface area contributed by atoms with E-state index in [2.05, 4.69) is 50.4 Å². The first-order valence-corrected chi connectivity index (χ1v) is 7.52. The van der Waals surface area contributed by atoms with Gasteiger partial charge in [-0.25, -0.2) is 4.98 Å². The van der Waals surface area contributed by atoms with E-state index in [0.717, 1.165) is 28.9 Å². The van der Waals surface area contributed by atoms with Crippen LogP contribution in [0.15, 0.2) is 41.0 Å². The van der Waals surface area contributed by atoms with Gasteiger partial charge in [0.15, 0.2) is 0 Å². The largest absolute Gasteiger partial charge is 0.370 e. The molecule has 0 fully saturated rings. The standard InChI is InChI=1S/C15H19BrN4/c1-11(2)7-9-17-14-8-10-18-15(20-14)19-13-5-3-12(16)4-6-13/h3-6,8,10-11H,7,9H2,1-2H3,(H2,17,18,19,20). The van der Waals surface area contributed by atoms with Crippen molar-refractivity contribution in [3.05, 3.63) is 41.0 Å². The molecule has 2 N–H and O–H groups in total. The van der Waals surface area contributed by atoms with Crippen LogP contribution in [-0.4, -0.2) is 16.5 Å². The summed E-state index contributed by atoms with van der Waals surface area (Å²) in [5.74, 6) is 2.13. The Balaban J connectivity index is 1.96. The number of benzene rings is 1. The van der Waals surface area contributed by atoms with Crippen LogP contribution in [0.1, 0.15) is 20.3 Å². The third kappa shape index (κ3) is 4.81. The summed E-state index contributed by atoms with van der Waals surface area (Å²) in [6.45, 7) is 5.34. The van der Waals surface area contributed by atoms with Crippen molar-refractivity contribution >= 4 is 33.4 Å². The summed E-state index contributed by atoms with van der Waals surface area (Å²) in [4.78, 5) is 8.67. The van der Waals surface area contributed by atoms with Crippen LogP contribution in [0.2, 0.25) is 0 Å². The molecule has 0 aliphatic heterocycles. The van der Waals surface area contributed by atoms with E-state index in [4.69, 9.17) is 0 Å². The van der Waals surface area contributed by atoms with Crippen molar-refractivity contribution in [1.29, 1.82) is 0 Å². The van der Waals surface area contributed by atoms with Crippen molar-refractivity contribution in [2.24, 2.45) is 5.92 Å². The van der Waals surface area contributed by atoms with E-state index < -0.39 is 0 Å². The molecule has 0 spiro atoms. The summed E-state index contributed by atoms with van der Waals surface area (Å²) >= 11 is 3.41. The second-order valence-corrected chi connectivity index (χ2v) is 5.92. The predicted octanol–water partition coefficient (Wildman–Crippen LogP) is 4.44. The molecule has 0 saturated heterocycles. The highest BCUT2D eigenvalue weighted by atomic mass is 79.9. The summed E-state index contributed by atoms with van der Waals surface area (Å²) in [6, 6.07) is 9.80. The fraction of sp³-hybridized carbons (Fsp3) is 0.333. The summed E-state index contributed by atoms with van der Waals surface area (Å²) in [7, 11) is 0. The third-order valence-electron chi connectivity index (χ3n) is 2.78. The molecule has 4 nitrogen and oxygen atoms in total. The molecule has 0 aliphatic rings. The lowest BCUT2D eigenvalue weighted by Crippen LogP contribution is -2.07. The van der Waals surface area contributed by atoms with Crippen LogP contribution in [-0.2, 0) is 0 Å². The van der Waals surface area contributed by atoms with Crippen molar-refractivity contribution < 1.29 is 0 Å². The van der Waals surface area contributed by atoms with E-state index in [1.54, 1.807) is 6.20 Å². The summed E-state index contributed by atoms with van der Waals surface area (Å²) < 4.78 is 1.05. The zero-order chi connectivity index (χ0) is 14.4. The third-order valence-corrected chi connectivity index (χ3v) is 3.31. The van der Waals surface area contributed by atoms with E-state index in [1.165, 1.54) is 0 Å². The SMILES string of the molecule is CC(C)CCNc1ccnc(Nc2ccc(Br)cc2)n1. The van der Waals surface area contributed by atoms with Gasteiger partial charge in [-0.3, -0.25) is 0 Å². The van der Waals surface area contributed by atoms with Gasteiger partial charge in [0.25, 0.3) is 0 Å². The molecule has 1 aromatic carbocycles. The molecule has 106 valence electrons. The van der Waals surface area contributed by atoms with Crippen molar-refractivity contribution in [1.82, 2.24) is 9.97 Å². The van der Waals surface area contributed by atoms with Crippen LogP contribution in [0, 0.1) is 5.92 Å². The van der Waals surface area contributed by atoms with Gasteiger partial charge in [0.05, 0.1) is 0 Å². The Morgan fingerprint density at radius 3 is 2.60 bits per heavy atom. The molecule has 1 aromatic heterocycles. The maximum Gasteiger partial charge on any atom is 0.229 e. The highest BCUT2D eigenvalue weighted by Crippen LogP contribution is 2.17. The van der Waals surface area contributed by atoms with Gasteiger partial charge in [-0.05, 0) is 42.7 Å². The average molecular weight is 335 g/mol. The van der Waals surface area contributed by atoms with Gasteiger partial charge < -0.3 is 10.6 Å². The van der Waals surface area contributed by atoms with Gasteiger partial charge in [-0.1, -0.05) is 29.8 Å². The lowest BCUT2D eigenvalue weighted by molar-refractivity contribution is 0.606. The maximum absolute atomic E-state index is 4.44. The molecule has 0 unspecified atom stereocenters. The zero-order valence-corrected chi connectivity index (χ0v) is 13.3. The molecule has 0 bridgehead atoms. The van der Waals surface area contributed by atoms with Gasteiger partial charge in [-0.15, -0.1) is 0 Å². The molecule has 0 amide bonds. The van der Waals surface area contributed by atoms with Crippen LogP contribution in [0.3, 0.4) is 0 Å². The summed E-state index contributed by atoms with van der Waals surface area (Å²) in [6.07, 6.45) is 2.88. The van der Waals surface area contributed by atoms with Gasteiger partial charge in [0, 0.05) is 22.9 Å². The lowest BCUT2D eigenvalue weighted by Gasteiger charge is -2.09. The number of nitrogens with one attached hydrogen (secondary N) is 2. The van der Waals surface area contributed by atoms with Crippen LogP contribution < -0.4 is 10.6 Å². The fourth-order valence-electron chi connectivity index (χ4n) is 1.67.